The van der Waals surface area contributed by atoms with Crippen LogP contribution in [0.2, 0.25) is 0 Å². The van der Waals surface area contributed by atoms with Crippen molar-refractivity contribution >= 4 is 0 Å². The van der Waals surface area contributed by atoms with Crippen molar-refractivity contribution in [1.82, 2.24) is 4.90 Å². The first-order valence-electron chi connectivity index (χ1n) is 6.03. The molecule has 1 rings (SSSR count). The van der Waals surface area contributed by atoms with Crippen LogP contribution >= 0.6 is 0 Å². The van der Waals surface area contributed by atoms with Gasteiger partial charge in [-0.05, 0) is 31.7 Å². The molecule has 0 saturated heterocycles. The zero-order valence-corrected chi connectivity index (χ0v) is 10.8. The first kappa shape index (κ1) is 15.0. The lowest BCUT2D eigenvalue weighted by molar-refractivity contribution is 0.108. The van der Waals surface area contributed by atoms with E-state index in [9.17, 15) is 8.78 Å². The van der Waals surface area contributed by atoms with Crippen LogP contribution in [-0.2, 0) is 4.74 Å². The van der Waals surface area contributed by atoms with E-state index in [0.717, 1.165) is 6.07 Å². The summed E-state index contributed by atoms with van der Waals surface area (Å²) >= 11 is 0. The molecule has 5 heteroatoms. The highest BCUT2D eigenvalue weighted by Crippen LogP contribution is 2.20. The Hall–Kier alpha value is -1.04. The molecule has 0 aliphatic rings. The summed E-state index contributed by atoms with van der Waals surface area (Å²) in [5, 5.41) is 0. The minimum absolute atomic E-state index is 0.138. The van der Waals surface area contributed by atoms with Crippen molar-refractivity contribution in [3.63, 3.8) is 0 Å². The number of benzene rings is 1. The molecule has 0 amide bonds. The summed E-state index contributed by atoms with van der Waals surface area (Å²) in [7, 11) is 1.89. The van der Waals surface area contributed by atoms with Crippen LogP contribution in [0.1, 0.15) is 18.5 Å². The van der Waals surface area contributed by atoms with Gasteiger partial charge >= 0.3 is 0 Å². The Morgan fingerprint density at radius 2 is 2.06 bits per heavy atom. The molecule has 1 aromatic rings. The molecule has 1 aromatic carbocycles. The van der Waals surface area contributed by atoms with Gasteiger partial charge in [-0.15, -0.1) is 0 Å². The van der Waals surface area contributed by atoms with Gasteiger partial charge in [-0.1, -0.05) is 6.07 Å². The fourth-order valence-electron chi connectivity index (χ4n) is 1.80. The third-order valence-corrected chi connectivity index (χ3v) is 2.88. The standard InChI is InChI=1S/C13H20F2N2O/c1-3-18-7-6-17(2)13(9-16)10-4-5-11(14)12(15)8-10/h4-5,8,13H,3,6-7,9,16H2,1-2H3. The number of likely N-dealkylation sites (N-methyl/N-ethyl adjacent to an activating group) is 1. The highest BCUT2D eigenvalue weighted by molar-refractivity contribution is 5.21. The molecule has 0 saturated carbocycles. The highest BCUT2D eigenvalue weighted by atomic mass is 19.2. The van der Waals surface area contributed by atoms with E-state index in [2.05, 4.69) is 0 Å². The van der Waals surface area contributed by atoms with Crippen LogP contribution in [0.4, 0.5) is 8.78 Å². The molecule has 18 heavy (non-hydrogen) atoms. The highest BCUT2D eigenvalue weighted by Gasteiger charge is 2.16. The Bertz CT molecular complexity index is 374. The zero-order chi connectivity index (χ0) is 13.5. The van der Waals surface area contributed by atoms with Gasteiger partial charge in [-0.3, -0.25) is 4.90 Å². The summed E-state index contributed by atoms with van der Waals surface area (Å²) in [5.74, 6) is -1.68. The van der Waals surface area contributed by atoms with Gasteiger partial charge in [-0.2, -0.15) is 0 Å². The molecule has 0 heterocycles. The van der Waals surface area contributed by atoms with Crippen LogP contribution in [-0.4, -0.2) is 38.3 Å². The number of halogens is 2. The maximum atomic E-state index is 13.2. The van der Waals surface area contributed by atoms with Crippen molar-refractivity contribution < 1.29 is 13.5 Å². The zero-order valence-electron chi connectivity index (χ0n) is 10.8. The lowest BCUT2D eigenvalue weighted by Crippen LogP contribution is -2.33. The van der Waals surface area contributed by atoms with Crippen LogP contribution in [0.25, 0.3) is 0 Å². The average Bonchev–Trinajstić information content (AvgIpc) is 2.35. The van der Waals surface area contributed by atoms with Crippen LogP contribution in [0.5, 0.6) is 0 Å². The summed E-state index contributed by atoms with van der Waals surface area (Å²) in [4.78, 5) is 1.97. The van der Waals surface area contributed by atoms with Gasteiger partial charge in [0.25, 0.3) is 0 Å². The second kappa shape index (κ2) is 7.41. The topological polar surface area (TPSA) is 38.5 Å². The molecular formula is C13H20F2N2O. The van der Waals surface area contributed by atoms with Gasteiger partial charge in [0.05, 0.1) is 6.61 Å². The van der Waals surface area contributed by atoms with Crippen molar-refractivity contribution in [3.05, 3.63) is 35.4 Å². The molecule has 0 spiro atoms. The molecular weight excluding hydrogens is 238 g/mol. The monoisotopic (exact) mass is 258 g/mol. The Balaban J connectivity index is 2.72. The van der Waals surface area contributed by atoms with E-state index in [1.54, 1.807) is 6.07 Å². The van der Waals surface area contributed by atoms with Crippen molar-refractivity contribution in [2.45, 2.75) is 13.0 Å². The van der Waals surface area contributed by atoms with Crippen molar-refractivity contribution in [3.8, 4) is 0 Å². The number of nitrogens with zero attached hydrogens (tertiary/aromatic N) is 1. The van der Waals surface area contributed by atoms with E-state index in [-0.39, 0.29) is 6.04 Å². The number of nitrogens with two attached hydrogens (primary N) is 1. The van der Waals surface area contributed by atoms with Crippen LogP contribution in [0.3, 0.4) is 0 Å². The summed E-state index contributed by atoms with van der Waals surface area (Å²) < 4.78 is 31.3. The van der Waals surface area contributed by atoms with Gasteiger partial charge in [0.15, 0.2) is 11.6 Å². The Labute approximate surface area is 107 Å². The number of hydrogen-bond acceptors (Lipinski definition) is 3. The Kier molecular flexibility index (Phi) is 6.18. The largest absolute Gasteiger partial charge is 0.380 e. The molecule has 0 fully saturated rings. The predicted octanol–water partition coefficient (Wildman–Crippen LogP) is 1.93. The molecule has 0 radical (unpaired) electrons. The smallest absolute Gasteiger partial charge is 0.159 e. The second-order valence-corrected chi connectivity index (χ2v) is 4.10. The number of rotatable bonds is 7. The average molecular weight is 258 g/mol. The van der Waals surface area contributed by atoms with Crippen molar-refractivity contribution in [1.29, 1.82) is 0 Å². The van der Waals surface area contributed by atoms with Gasteiger partial charge in [0.2, 0.25) is 0 Å². The van der Waals surface area contributed by atoms with E-state index in [1.165, 1.54) is 6.07 Å². The minimum Gasteiger partial charge on any atom is -0.380 e. The predicted molar refractivity (Wildman–Crippen MR) is 67.3 cm³/mol. The molecule has 3 nitrogen and oxygen atoms in total. The fourth-order valence-corrected chi connectivity index (χ4v) is 1.80. The van der Waals surface area contributed by atoms with Gasteiger partial charge in [-0.25, -0.2) is 8.78 Å². The molecule has 0 bridgehead atoms. The van der Waals surface area contributed by atoms with E-state index in [1.807, 2.05) is 18.9 Å². The third kappa shape index (κ3) is 4.01. The van der Waals surface area contributed by atoms with Crippen molar-refractivity contribution in [2.75, 3.05) is 33.4 Å². The van der Waals surface area contributed by atoms with Crippen LogP contribution < -0.4 is 5.73 Å². The maximum absolute atomic E-state index is 13.2. The Morgan fingerprint density at radius 1 is 1.33 bits per heavy atom. The molecule has 1 atom stereocenters. The number of hydrogen-bond donors (Lipinski definition) is 1. The van der Waals surface area contributed by atoms with Crippen LogP contribution in [0.15, 0.2) is 18.2 Å². The van der Waals surface area contributed by atoms with E-state index in [4.69, 9.17) is 10.5 Å². The molecule has 0 aromatic heterocycles. The van der Waals surface area contributed by atoms with E-state index in [0.29, 0.717) is 31.9 Å². The second-order valence-electron chi connectivity index (χ2n) is 4.10. The minimum atomic E-state index is -0.843. The number of ether oxygens (including phenoxy) is 1. The Morgan fingerprint density at radius 3 is 2.61 bits per heavy atom. The summed E-state index contributed by atoms with van der Waals surface area (Å²) in [6.07, 6.45) is 0. The van der Waals surface area contributed by atoms with Crippen LogP contribution in [0, 0.1) is 11.6 Å². The van der Waals surface area contributed by atoms with Crippen molar-refractivity contribution in [2.24, 2.45) is 5.73 Å². The first-order valence-corrected chi connectivity index (χ1v) is 6.03. The summed E-state index contributed by atoms with van der Waals surface area (Å²) in [5.41, 5.74) is 6.38. The third-order valence-electron chi connectivity index (χ3n) is 2.88. The van der Waals surface area contributed by atoms with E-state index >= 15 is 0 Å². The van der Waals surface area contributed by atoms with Gasteiger partial charge < -0.3 is 10.5 Å². The van der Waals surface area contributed by atoms with Gasteiger partial charge in [0, 0.05) is 25.7 Å². The lowest BCUT2D eigenvalue weighted by Gasteiger charge is -2.27. The quantitative estimate of drug-likeness (QED) is 0.760. The normalized spacial score (nSPS) is 13.0. The summed E-state index contributed by atoms with van der Waals surface area (Å²) in [6.45, 7) is 4.21. The molecule has 0 aliphatic heterocycles. The summed E-state index contributed by atoms with van der Waals surface area (Å²) in [6, 6.07) is 3.75. The molecule has 0 aliphatic carbocycles. The fraction of sp³-hybridized carbons (Fsp3) is 0.538. The SMILES string of the molecule is CCOCCN(C)C(CN)c1ccc(F)c(F)c1. The van der Waals surface area contributed by atoms with E-state index < -0.39 is 11.6 Å². The molecule has 1 unspecified atom stereocenters. The maximum Gasteiger partial charge on any atom is 0.159 e. The van der Waals surface area contributed by atoms with Gasteiger partial charge in [0.1, 0.15) is 0 Å². The molecule has 102 valence electrons. The lowest BCUT2D eigenvalue weighted by atomic mass is 10.1. The first-order chi connectivity index (χ1) is 8.60. The molecule has 2 N–H and O–H groups in total.